The third kappa shape index (κ3) is 3.96. The van der Waals surface area contributed by atoms with E-state index in [1.54, 1.807) is 24.3 Å². The summed E-state index contributed by atoms with van der Waals surface area (Å²) in [5.41, 5.74) is 3.72. The number of nitriles is 1. The first-order valence-electron chi connectivity index (χ1n) is 7.52. The number of rotatable bonds is 5. The normalized spacial score (nSPS) is 11.6. The Morgan fingerprint density at radius 3 is 2.79 bits per heavy atom. The van der Waals surface area contributed by atoms with Crippen molar-refractivity contribution >= 4 is 5.91 Å². The minimum atomic E-state index is -0.997. The molecular formula is C18H19N3O3. The van der Waals surface area contributed by atoms with Crippen LogP contribution in [0.5, 0.6) is 0 Å². The quantitative estimate of drug-likeness (QED) is 0.769. The van der Waals surface area contributed by atoms with E-state index in [4.69, 9.17) is 5.11 Å². The summed E-state index contributed by atoms with van der Waals surface area (Å²) in [7, 11) is 0. The summed E-state index contributed by atoms with van der Waals surface area (Å²) in [6.45, 7) is 3.25. The molecule has 3 N–H and O–H groups in total. The van der Waals surface area contributed by atoms with Crippen LogP contribution in [0.1, 0.15) is 27.2 Å². The van der Waals surface area contributed by atoms with E-state index in [2.05, 4.69) is 16.4 Å². The molecule has 24 heavy (non-hydrogen) atoms. The summed E-state index contributed by atoms with van der Waals surface area (Å²) in [4.78, 5) is 16.6. The third-order valence-electron chi connectivity index (χ3n) is 3.56. The van der Waals surface area contributed by atoms with Crippen molar-refractivity contribution in [2.24, 2.45) is 0 Å². The molecule has 1 heterocycles. The molecule has 1 aromatic carbocycles. The van der Waals surface area contributed by atoms with E-state index < -0.39 is 12.7 Å². The minimum Gasteiger partial charge on any atom is -0.394 e. The van der Waals surface area contributed by atoms with Gasteiger partial charge in [-0.25, -0.2) is 0 Å². The van der Waals surface area contributed by atoms with Crippen LogP contribution >= 0.6 is 0 Å². The second kappa shape index (κ2) is 7.68. The Morgan fingerprint density at radius 1 is 1.38 bits per heavy atom. The lowest BCUT2D eigenvalue weighted by Crippen LogP contribution is -2.33. The molecule has 1 aromatic heterocycles. The maximum Gasteiger partial charge on any atom is 0.251 e. The van der Waals surface area contributed by atoms with Gasteiger partial charge in [0, 0.05) is 23.4 Å². The number of aryl methyl sites for hydroxylation is 2. The zero-order chi connectivity index (χ0) is 17.7. The fourth-order valence-corrected chi connectivity index (χ4v) is 2.37. The summed E-state index contributed by atoms with van der Waals surface area (Å²) in [6, 6.07) is 10.8. The van der Waals surface area contributed by atoms with Crippen molar-refractivity contribution in [3.63, 3.8) is 0 Å². The van der Waals surface area contributed by atoms with Crippen molar-refractivity contribution < 1.29 is 15.0 Å². The predicted molar refractivity (Wildman–Crippen MR) is 89.3 cm³/mol. The zero-order valence-electron chi connectivity index (χ0n) is 13.6. The molecule has 2 rings (SSSR count). The van der Waals surface area contributed by atoms with E-state index in [0.29, 0.717) is 22.4 Å². The minimum absolute atomic E-state index is 0.0369. The molecule has 0 spiro atoms. The molecule has 1 atom stereocenters. The van der Waals surface area contributed by atoms with Crippen LogP contribution in [-0.4, -0.2) is 40.4 Å². The molecular weight excluding hydrogens is 306 g/mol. The molecule has 0 unspecified atom stereocenters. The first-order valence-corrected chi connectivity index (χ1v) is 7.52. The summed E-state index contributed by atoms with van der Waals surface area (Å²) >= 11 is 0. The number of benzene rings is 1. The van der Waals surface area contributed by atoms with Crippen LogP contribution in [0.2, 0.25) is 0 Å². The predicted octanol–water partition coefficient (Wildman–Crippen LogP) is 1.32. The number of aliphatic hydroxyl groups excluding tert-OH is 2. The van der Waals surface area contributed by atoms with Gasteiger partial charge in [-0.1, -0.05) is 12.1 Å². The van der Waals surface area contributed by atoms with Gasteiger partial charge in [0.25, 0.3) is 5.91 Å². The molecule has 1 amide bonds. The Balaban J connectivity index is 2.35. The van der Waals surface area contributed by atoms with E-state index in [1.165, 1.54) is 0 Å². The van der Waals surface area contributed by atoms with Crippen LogP contribution in [0.15, 0.2) is 30.3 Å². The summed E-state index contributed by atoms with van der Waals surface area (Å²) < 4.78 is 0. The molecule has 0 aliphatic rings. The van der Waals surface area contributed by atoms with Gasteiger partial charge in [0.2, 0.25) is 0 Å². The van der Waals surface area contributed by atoms with E-state index in [-0.39, 0.29) is 12.5 Å². The smallest absolute Gasteiger partial charge is 0.251 e. The number of pyridine rings is 1. The van der Waals surface area contributed by atoms with Crippen molar-refractivity contribution in [3.8, 4) is 17.3 Å². The number of hydrogen-bond acceptors (Lipinski definition) is 5. The van der Waals surface area contributed by atoms with Crippen LogP contribution < -0.4 is 5.32 Å². The lowest BCUT2D eigenvalue weighted by molar-refractivity contribution is 0.0802. The topological polar surface area (TPSA) is 106 Å². The molecule has 0 saturated carbocycles. The largest absolute Gasteiger partial charge is 0.394 e. The van der Waals surface area contributed by atoms with E-state index in [1.807, 2.05) is 19.9 Å². The number of nitrogens with one attached hydrogen (secondary N) is 1. The molecule has 0 fully saturated rings. The monoisotopic (exact) mass is 325 g/mol. The highest BCUT2D eigenvalue weighted by molar-refractivity contribution is 5.95. The Labute approximate surface area is 140 Å². The number of hydrogen-bond donors (Lipinski definition) is 3. The average Bonchev–Trinajstić information content (AvgIpc) is 2.58. The number of aromatic nitrogens is 1. The van der Waals surface area contributed by atoms with Gasteiger partial charge in [-0.3, -0.25) is 9.78 Å². The molecule has 6 heteroatoms. The average molecular weight is 325 g/mol. The van der Waals surface area contributed by atoms with Gasteiger partial charge in [0.05, 0.1) is 24.0 Å². The SMILES string of the molecule is Cc1cc(C)c(C#N)c(-c2cccc(C(=O)NC[C@H](O)CO)c2)n1. The van der Waals surface area contributed by atoms with Gasteiger partial charge < -0.3 is 15.5 Å². The van der Waals surface area contributed by atoms with Crippen LogP contribution in [0, 0.1) is 25.2 Å². The standard InChI is InChI=1S/C18H19N3O3/c1-11-6-12(2)21-17(16(11)8-19)13-4-3-5-14(7-13)18(24)20-9-15(23)10-22/h3-7,15,22-23H,9-10H2,1-2H3,(H,20,24)/t15-/m0/s1. The van der Waals surface area contributed by atoms with E-state index in [9.17, 15) is 15.2 Å². The molecule has 0 saturated heterocycles. The van der Waals surface area contributed by atoms with Gasteiger partial charge in [-0.2, -0.15) is 5.26 Å². The molecule has 6 nitrogen and oxygen atoms in total. The Kier molecular flexibility index (Phi) is 5.64. The fraction of sp³-hybridized carbons (Fsp3) is 0.278. The molecule has 124 valence electrons. The fourth-order valence-electron chi connectivity index (χ4n) is 2.37. The van der Waals surface area contributed by atoms with Gasteiger partial charge in [0.1, 0.15) is 6.07 Å². The maximum atomic E-state index is 12.1. The first kappa shape index (κ1) is 17.6. The van der Waals surface area contributed by atoms with Crippen molar-refractivity contribution in [2.45, 2.75) is 20.0 Å². The van der Waals surface area contributed by atoms with Gasteiger partial charge in [-0.05, 0) is 37.6 Å². The molecule has 2 aromatic rings. The molecule has 0 radical (unpaired) electrons. The van der Waals surface area contributed by atoms with Crippen LogP contribution in [0.25, 0.3) is 11.3 Å². The molecule has 0 aliphatic carbocycles. The third-order valence-corrected chi connectivity index (χ3v) is 3.56. The van der Waals surface area contributed by atoms with E-state index >= 15 is 0 Å². The van der Waals surface area contributed by atoms with Crippen LogP contribution in [0.3, 0.4) is 0 Å². The van der Waals surface area contributed by atoms with Crippen molar-refractivity contribution in [1.82, 2.24) is 10.3 Å². The number of carbonyl (C=O) groups excluding carboxylic acids is 1. The van der Waals surface area contributed by atoms with Crippen molar-refractivity contribution in [1.29, 1.82) is 5.26 Å². The Morgan fingerprint density at radius 2 is 2.12 bits per heavy atom. The number of aliphatic hydroxyl groups is 2. The maximum absolute atomic E-state index is 12.1. The highest BCUT2D eigenvalue weighted by atomic mass is 16.3. The van der Waals surface area contributed by atoms with E-state index in [0.717, 1.165) is 11.3 Å². The number of amides is 1. The van der Waals surface area contributed by atoms with Gasteiger partial charge >= 0.3 is 0 Å². The zero-order valence-corrected chi connectivity index (χ0v) is 13.6. The summed E-state index contributed by atoms with van der Waals surface area (Å²) in [5.74, 6) is -0.368. The second-order valence-electron chi connectivity index (χ2n) is 5.54. The van der Waals surface area contributed by atoms with Crippen molar-refractivity contribution in [3.05, 3.63) is 52.7 Å². The highest BCUT2D eigenvalue weighted by Crippen LogP contribution is 2.25. The summed E-state index contributed by atoms with van der Waals surface area (Å²) in [5, 5.41) is 30.0. The van der Waals surface area contributed by atoms with Gasteiger partial charge in [-0.15, -0.1) is 0 Å². The summed E-state index contributed by atoms with van der Waals surface area (Å²) in [6.07, 6.45) is -0.997. The van der Waals surface area contributed by atoms with Crippen LogP contribution in [-0.2, 0) is 0 Å². The van der Waals surface area contributed by atoms with Crippen LogP contribution in [0.4, 0.5) is 0 Å². The second-order valence-corrected chi connectivity index (χ2v) is 5.54. The lowest BCUT2D eigenvalue weighted by atomic mass is 10.00. The lowest BCUT2D eigenvalue weighted by Gasteiger charge is -2.11. The first-order chi connectivity index (χ1) is 11.5. The highest BCUT2D eigenvalue weighted by Gasteiger charge is 2.14. The Hall–Kier alpha value is -2.75. The number of carbonyl (C=O) groups is 1. The number of nitrogens with zero attached hydrogens (tertiary/aromatic N) is 2. The van der Waals surface area contributed by atoms with Crippen molar-refractivity contribution in [2.75, 3.05) is 13.2 Å². The van der Waals surface area contributed by atoms with Gasteiger partial charge in [0.15, 0.2) is 0 Å². The molecule has 0 aliphatic heterocycles. The Bertz CT molecular complexity index is 797. The molecule has 0 bridgehead atoms.